The molecule has 0 bridgehead atoms. The van der Waals surface area contributed by atoms with E-state index < -0.39 is 11.9 Å². The van der Waals surface area contributed by atoms with E-state index in [4.69, 9.17) is 0 Å². The molecule has 0 aliphatic carbocycles. The van der Waals surface area contributed by atoms with Crippen molar-refractivity contribution in [2.75, 3.05) is 0 Å². The van der Waals surface area contributed by atoms with Crippen LogP contribution in [0.25, 0.3) is 0 Å². The van der Waals surface area contributed by atoms with Crippen molar-refractivity contribution in [3.63, 3.8) is 0 Å². The van der Waals surface area contributed by atoms with Crippen LogP contribution in [-0.4, -0.2) is 15.9 Å². The van der Waals surface area contributed by atoms with Crippen molar-refractivity contribution in [3.8, 4) is 0 Å². The maximum absolute atomic E-state index is 12.5. The standard InChI is InChI=1S/C13H12F3N3OS/c1-2-11-18-7-9(21-11)12(20)19-6-8-3-4-17-10(5-8)13(14,15)16/h3-5,7H,2,6H2,1H3,(H,19,20). The molecule has 0 unspecified atom stereocenters. The van der Waals surface area contributed by atoms with Crippen LogP contribution >= 0.6 is 11.3 Å². The third kappa shape index (κ3) is 4.01. The van der Waals surface area contributed by atoms with Gasteiger partial charge < -0.3 is 5.32 Å². The number of hydrogen-bond donors (Lipinski definition) is 1. The van der Waals surface area contributed by atoms with Gasteiger partial charge in [0, 0.05) is 12.7 Å². The average Bonchev–Trinajstić information content (AvgIpc) is 2.93. The first-order chi connectivity index (χ1) is 9.90. The first-order valence-corrected chi connectivity index (χ1v) is 6.97. The minimum atomic E-state index is -4.49. The summed E-state index contributed by atoms with van der Waals surface area (Å²) < 4.78 is 37.6. The first kappa shape index (κ1) is 15.4. The quantitative estimate of drug-likeness (QED) is 0.943. The Bertz CT molecular complexity index is 640. The van der Waals surface area contributed by atoms with Gasteiger partial charge in [-0.05, 0) is 24.1 Å². The van der Waals surface area contributed by atoms with E-state index in [1.807, 2.05) is 6.92 Å². The van der Waals surface area contributed by atoms with Gasteiger partial charge in [-0.1, -0.05) is 6.92 Å². The van der Waals surface area contributed by atoms with Gasteiger partial charge in [0.05, 0.1) is 11.2 Å². The van der Waals surface area contributed by atoms with Crippen molar-refractivity contribution in [1.82, 2.24) is 15.3 Å². The molecule has 0 spiro atoms. The number of halogens is 3. The van der Waals surface area contributed by atoms with Crippen molar-refractivity contribution in [2.24, 2.45) is 0 Å². The van der Waals surface area contributed by atoms with Gasteiger partial charge in [0.15, 0.2) is 0 Å². The molecule has 0 fully saturated rings. The van der Waals surface area contributed by atoms with E-state index in [9.17, 15) is 18.0 Å². The molecule has 2 aromatic rings. The van der Waals surface area contributed by atoms with Crippen LogP contribution in [0.4, 0.5) is 13.2 Å². The number of rotatable bonds is 4. The molecule has 0 atom stereocenters. The predicted molar refractivity (Wildman–Crippen MR) is 71.9 cm³/mol. The van der Waals surface area contributed by atoms with Crippen molar-refractivity contribution >= 4 is 17.2 Å². The Kier molecular flexibility index (Phi) is 4.56. The molecule has 0 aliphatic heterocycles. The highest BCUT2D eigenvalue weighted by Crippen LogP contribution is 2.27. The van der Waals surface area contributed by atoms with E-state index >= 15 is 0 Å². The van der Waals surface area contributed by atoms with Crippen LogP contribution < -0.4 is 5.32 Å². The minimum absolute atomic E-state index is 0.00376. The van der Waals surface area contributed by atoms with Gasteiger partial charge in [-0.3, -0.25) is 9.78 Å². The third-order valence-corrected chi connectivity index (χ3v) is 3.79. The van der Waals surface area contributed by atoms with Crippen LogP contribution in [0.15, 0.2) is 24.5 Å². The lowest BCUT2D eigenvalue weighted by Gasteiger charge is -2.08. The Morgan fingerprint density at radius 1 is 1.38 bits per heavy atom. The summed E-state index contributed by atoms with van der Waals surface area (Å²) in [5.41, 5.74) is -0.633. The van der Waals surface area contributed by atoms with E-state index in [1.165, 1.54) is 23.6 Å². The fourth-order valence-corrected chi connectivity index (χ4v) is 2.36. The second kappa shape index (κ2) is 6.21. The van der Waals surface area contributed by atoms with Gasteiger partial charge in [-0.15, -0.1) is 11.3 Å². The van der Waals surface area contributed by atoms with E-state index in [-0.39, 0.29) is 12.5 Å². The van der Waals surface area contributed by atoms with Gasteiger partial charge in [-0.2, -0.15) is 13.2 Å². The summed E-state index contributed by atoms with van der Waals surface area (Å²) >= 11 is 1.27. The highest BCUT2D eigenvalue weighted by molar-refractivity contribution is 7.13. The maximum Gasteiger partial charge on any atom is 0.433 e. The molecule has 0 saturated carbocycles. The number of nitrogens with zero attached hydrogens (tertiary/aromatic N) is 2. The SMILES string of the molecule is CCc1ncc(C(=O)NCc2ccnc(C(F)(F)F)c2)s1. The monoisotopic (exact) mass is 315 g/mol. The minimum Gasteiger partial charge on any atom is -0.347 e. The number of carbonyl (C=O) groups is 1. The molecule has 0 saturated heterocycles. The largest absolute Gasteiger partial charge is 0.433 e. The molecule has 0 radical (unpaired) electrons. The van der Waals surface area contributed by atoms with Crippen LogP contribution in [0.3, 0.4) is 0 Å². The lowest BCUT2D eigenvalue weighted by atomic mass is 10.2. The Labute approximate surface area is 123 Å². The second-order valence-electron chi connectivity index (χ2n) is 4.20. The van der Waals surface area contributed by atoms with Gasteiger partial charge in [0.2, 0.25) is 0 Å². The number of amides is 1. The molecule has 21 heavy (non-hydrogen) atoms. The van der Waals surface area contributed by atoms with Crippen LogP contribution in [0.5, 0.6) is 0 Å². The first-order valence-electron chi connectivity index (χ1n) is 6.15. The number of pyridine rings is 1. The summed E-state index contributed by atoms with van der Waals surface area (Å²) in [6.07, 6.45) is -1.22. The Morgan fingerprint density at radius 2 is 2.14 bits per heavy atom. The van der Waals surface area contributed by atoms with E-state index in [0.29, 0.717) is 10.4 Å². The number of thiazole rings is 1. The molecule has 0 aliphatic rings. The molecule has 0 aromatic carbocycles. The van der Waals surface area contributed by atoms with Crippen LogP contribution in [0, 0.1) is 0 Å². The van der Waals surface area contributed by atoms with Crippen LogP contribution in [0.1, 0.15) is 32.9 Å². The zero-order valence-electron chi connectivity index (χ0n) is 11.1. The molecule has 8 heteroatoms. The van der Waals surface area contributed by atoms with Gasteiger partial charge in [0.1, 0.15) is 10.6 Å². The lowest BCUT2D eigenvalue weighted by Crippen LogP contribution is -2.22. The number of nitrogens with one attached hydrogen (secondary N) is 1. The third-order valence-electron chi connectivity index (χ3n) is 2.65. The lowest BCUT2D eigenvalue weighted by molar-refractivity contribution is -0.141. The molecule has 4 nitrogen and oxygen atoms in total. The maximum atomic E-state index is 12.5. The molecule has 2 rings (SSSR count). The van der Waals surface area contributed by atoms with Gasteiger partial charge in [0.25, 0.3) is 5.91 Å². The molecule has 1 N–H and O–H groups in total. The molecule has 2 aromatic heterocycles. The predicted octanol–water partition coefficient (Wildman–Crippen LogP) is 3.05. The molecular formula is C13H12F3N3OS. The van der Waals surface area contributed by atoms with Crippen LogP contribution in [-0.2, 0) is 19.1 Å². The Morgan fingerprint density at radius 3 is 2.76 bits per heavy atom. The fourth-order valence-electron chi connectivity index (χ4n) is 1.59. The summed E-state index contributed by atoms with van der Waals surface area (Å²) in [7, 11) is 0. The van der Waals surface area contributed by atoms with E-state index in [1.54, 1.807) is 0 Å². The number of carbonyl (C=O) groups excluding carboxylic acids is 1. The normalized spacial score (nSPS) is 11.4. The highest BCUT2D eigenvalue weighted by atomic mass is 32.1. The number of alkyl halides is 3. The van der Waals surface area contributed by atoms with Crippen molar-refractivity contribution in [2.45, 2.75) is 26.1 Å². The summed E-state index contributed by atoms with van der Waals surface area (Å²) in [5, 5.41) is 3.40. The van der Waals surface area contributed by atoms with Crippen LogP contribution in [0.2, 0.25) is 0 Å². The molecule has 1 amide bonds. The molecule has 2 heterocycles. The summed E-state index contributed by atoms with van der Waals surface area (Å²) in [4.78, 5) is 19.6. The number of aromatic nitrogens is 2. The Hall–Kier alpha value is -1.96. The van der Waals surface area contributed by atoms with Gasteiger partial charge in [-0.25, -0.2) is 4.98 Å². The van der Waals surface area contributed by atoms with Crippen molar-refractivity contribution in [3.05, 3.63) is 45.7 Å². The molecular weight excluding hydrogens is 303 g/mol. The number of aryl methyl sites for hydroxylation is 1. The van der Waals surface area contributed by atoms with E-state index in [2.05, 4.69) is 15.3 Å². The zero-order chi connectivity index (χ0) is 15.5. The summed E-state index contributed by atoms with van der Waals surface area (Å²) in [6.45, 7) is 1.93. The summed E-state index contributed by atoms with van der Waals surface area (Å²) in [6, 6.07) is 2.35. The van der Waals surface area contributed by atoms with Crippen molar-refractivity contribution < 1.29 is 18.0 Å². The second-order valence-corrected chi connectivity index (χ2v) is 5.32. The van der Waals surface area contributed by atoms with Crippen molar-refractivity contribution in [1.29, 1.82) is 0 Å². The topological polar surface area (TPSA) is 54.9 Å². The average molecular weight is 315 g/mol. The smallest absolute Gasteiger partial charge is 0.347 e. The zero-order valence-corrected chi connectivity index (χ0v) is 11.9. The molecule has 112 valence electrons. The highest BCUT2D eigenvalue weighted by Gasteiger charge is 2.32. The van der Waals surface area contributed by atoms with Gasteiger partial charge >= 0.3 is 6.18 Å². The Balaban J connectivity index is 2.01. The summed E-state index contributed by atoms with van der Waals surface area (Å²) in [5.74, 6) is -0.349. The van der Waals surface area contributed by atoms with E-state index in [0.717, 1.165) is 23.7 Å². The fraction of sp³-hybridized carbons (Fsp3) is 0.308. The number of hydrogen-bond acceptors (Lipinski definition) is 4.